The zero-order chi connectivity index (χ0) is 15.7. The highest BCUT2D eigenvalue weighted by Crippen LogP contribution is 2.26. The average Bonchev–Trinajstić information content (AvgIpc) is 2.77. The monoisotopic (exact) mass is 300 g/mol. The van der Waals surface area contributed by atoms with E-state index >= 15 is 0 Å². The number of nitrogens with one attached hydrogen (secondary N) is 1. The molecule has 2 aromatic rings. The molecular weight excluding hydrogens is 290 g/mol. The zero-order valence-electron chi connectivity index (χ0n) is 11.2. The molecule has 0 bridgehead atoms. The normalized spacial score (nSPS) is 14.3. The molecule has 1 aliphatic heterocycles. The minimum atomic E-state index is -0.738. The molecule has 1 heterocycles. The van der Waals surface area contributed by atoms with E-state index in [1.165, 1.54) is 36.4 Å². The Labute approximate surface area is 124 Å². The third-order valence-corrected chi connectivity index (χ3v) is 3.16. The number of rotatable bonds is 3. The molecule has 0 spiro atoms. The lowest BCUT2D eigenvalue weighted by Crippen LogP contribution is -2.32. The van der Waals surface area contributed by atoms with Crippen LogP contribution in [0.3, 0.4) is 0 Å². The van der Waals surface area contributed by atoms with Crippen LogP contribution in [0.15, 0.2) is 60.3 Å². The molecular formula is C16H10F2N2O2. The third kappa shape index (κ3) is 2.35. The summed E-state index contributed by atoms with van der Waals surface area (Å²) in [5, 5.41) is 2.56. The van der Waals surface area contributed by atoms with Gasteiger partial charge in [0.25, 0.3) is 11.8 Å². The van der Waals surface area contributed by atoms with Crippen LogP contribution in [0, 0.1) is 11.6 Å². The van der Waals surface area contributed by atoms with Gasteiger partial charge < -0.3 is 5.32 Å². The van der Waals surface area contributed by atoms with E-state index in [0.29, 0.717) is 4.90 Å². The van der Waals surface area contributed by atoms with Crippen molar-refractivity contribution < 1.29 is 18.4 Å². The number of para-hydroxylation sites is 2. The van der Waals surface area contributed by atoms with Gasteiger partial charge in [-0.2, -0.15) is 0 Å². The summed E-state index contributed by atoms with van der Waals surface area (Å²) >= 11 is 0. The number of benzene rings is 2. The molecule has 0 unspecified atom stereocenters. The first kappa shape index (κ1) is 13.9. The Hall–Kier alpha value is -3.02. The highest BCUT2D eigenvalue weighted by Gasteiger charge is 2.34. The standard InChI is InChI=1S/C16H10F2N2O2/c17-10-5-1-3-7-12(10)19-13-9-15(21)20(16(13)22)14-8-4-2-6-11(14)18/h1-9,19H. The summed E-state index contributed by atoms with van der Waals surface area (Å²) in [4.78, 5) is 24.9. The van der Waals surface area contributed by atoms with E-state index < -0.39 is 23.4 Å². The third-order valence-electron chi connectivity index (χ3n) is 3.16. The summed E-state index contributed by atoms with van der Waals surface area (Å²) in [7, 11) is 0. The fourth-order valence-corrected chi connectivity index (χ4v) is 2.13. The van der Waals surface area contributed by atoms with Gasteiger partial charge in [0.05, 0.1) is 11.4 Å². The predicted octanol–water partition coefficient (Wildman–Crippen LogP) is 2.83. The second-order valence-electron chi connectivity index (χ2n) is 4.59. The number of hydrogen-bond donors (Lipinski definition) is 1. The molecule has 0 aliphatic carbocycles. The number of imide groups is 1. The molecule has 6 heteroatoms. The first-order chi connectivity index (χ1) is 10.6. The summed E-state index contributed by atoms with van der Waals surface area (Å²) in [6, 6.07) is 11.2. The maximum atomic E-state index is 13.8. The van der Waals surface area contributed by atoms with E-state index in [1.807, 2.05) is 0 Å². The molecule has 0 saturated carbocycles. The molecule has 4 nitrogen and oxygen atoms in total. The first-order valence-electron chi connectivity index (χ1n) is 6.44. The van der Waals surface area contributed by atoms with Crippen molar-refractivity contribution >= 4 is 23.2 Å². The second-order valence-corrected chi connectivity index (χ2v) is 4.59. The largest absolute Gasteiger partial charge is 0.348 e. The quantitative estimate of drug-likeness (QED) is 0.887. The van der Waals surface area contributed by atoms with Crippen molar-refractivity contribution in [2.45, 2.75) is 0 Å². The first-order valence-corrected chi connectivity index (χ1v) is 6.44. The Morgan fingerprint density at radius 2 is 1.50 bits per heavy atom. The van der Waals surface area contributed by atoms with Crippen LogP contribution in [0.5, 0.6) is 0 Å². The smallest absolute Gasteiger partial charge is 0.282 e. The lowest BCUT2D eigenvalue weighted by molar-refractivity contribution is -0.120. The molecule has 0 atom stereocenters. The van der Waals surface area contributed by atoms with Crippen LogP contribution in [0.4, 0.5) is 20.2 Å². The van der Waals surface area contributed by atoms with Crippen molar-refractivity contribution in [3.8, 4) is 0 Å². The molecule has 1 N–H and O–H groups in total. The number of anilines is 2. The van der Waals surface area contributed by atoms with E-state index in [9.17, 15) is 18.4 Å². The fraction of sp³-hybridized carbons (Fsp3) is 0. The number of carbonyl (C=O) groups excluding carboxylic acids is 2. The Kier molecular flexibility index (Phi) is 3.42. The number of amides is 2. The summed E-state index contributed by atoms with van der Waals surface area (Å²) in [6.45, 7) is 0. The molecule has 2 aromatic carbocycles. The van der Waals surface area contributed by atoms with E-state index in [1.54, 1.807) is 6.07 Å². The van der Waals surface area contributed by atoms with Gasteiger partial charge in [0.1, 0.15) is 17.3 Å². The fourth-order valence-electron chi connectivity index (χ4n) is 2.13. The van der Waals surface area contributed by atoms with Crippen molar-refractivity contribution in [1.29, 1.82) is 0 Å². The van der Waals surface area contributed by atoms with Gasteiger partial charge in [0.2, 0.25) is 0 Å². The lowest BCUT2D eigenvalue weighted by Gasteiger charge is -2.16. The minimum absolute atomic E-state index is 0.0604. The SMILES string of the molecule is O=C1C=C(Nc2ccccc2F)C(=O)N1c1ccccc1F. The predicted molar refractivity (Wildman–Crippen MR) is 77.0 cm³/mol. The number of halogens is 2. The van der Waals surface area contributed by atoms with Crippen LogP contribution in [0.2, 0.25) is 0 Å². The van der Waals surface area contributed by atoms with Gasteiger partial charge in [-0.1, -0.05) is 24.3 Å². The molecule has 0 aromatic heterocycles. The Bertz CT molecular complexity index is 802. The van der Waals surface area contributed by atoms with E-state index in [4.69, 9.17) is 0 Å². The van der Waals surface area contributed by atoms with Gasteiger partial charge in [0, 0.05) is 6.08 Å². The molecule has 0 radical (unpaired) electrons. The number of carbonyl (C=O) groups is 2. The van der Waals surface area contributed by atoms with E-state index in [2.05, 4.69) is 5.32 Å². The summed E-state index contributed by atoms with van der Waals surface area (Å²) in [5.74, 6) is -2.68. The van der Waals surface area contributed by atoms with Crippen LogP contribution >= 0.6 is 0 Å². The molecule has 110 valence electrons. The Morgan fingerprint density at radius 1 is 0.864 bits per heavy atom. The van der Waals surface area contributed by atoms with Crippen molar-refractivity contribution in [1.82, 2.24) is 0 Å². The van der Waals surface area contributed by atoms with Gasteiger partial charge in [-0.05, 0) is 24.3 Å². The van der Waals surface area contributed by atoms with Gasteiger partial charge in [-0.3, -0.25) is 9.59 Å². The van der Waals surface area contributed by atoms with Crippen LogP contribution in [-0.2, 0) is 9.59 Å². The molecule has 0 fully saturated rings. The number of hydrogen-bond acceptors (Lipinski definition) is 3. The maximum absolute atomic E-state index is 13.8. The van der Waals surface area contributed by atoms with Crippen LogP contribution in [-0.4, -0.2) is 11.8 Å². The highest BCUT2D eigenvalue weighted by molar-refractivity contribution is 6.31. The average molecular weight is 300 g/mol. The molecule has 22 heavy (non-hydrogen) atoms. The van der Waals surface area contributed by atoms with Crippen molar-refractivity contribution in [2.24, 2.45) is 0 Å². The van der Waals surface area contributed by atoms with Gasteiger partial charge in [-0.25, -0.2) is 13.7 Å². The highest BCUT2D eigenvalue weighted by atomic mass is 19.1. The second kappa shape index (κ2) is 5.40. The zero-order valence-corrected chi connectivity index (χ0v) is 11.2. The van der Waals surface area contributed by atoms with Crippen LogP contribution in [0.1, 0.15) is 0 Å². The van der Waals surface area contributed by atoms with Crippen molar-refractivity contribution in [3.05, 3.63) is 71.9 Å². The van der Waals surface area contributed by atoms with Crippen LogP contribution < -0.4 is 10.2 Å². The summed E-state index contributed by atoms with van der Waals surface area (Å²) in [5.41, 5.74) is -0.192. The maximum Gasteiger partial charge on any atom is 0.282 e. The lowest BCUT2D eigenvalue weighted by atomic mass is 10.2. The molecule has 1 aliphatic rings. The Balaban J connectivity index is 1.90. The van der Waals surface area contributed by atoms with Gasteiger partial charge in [-0.15, -0.1) is 0 Å². The summed E-state index contributed by atoms with van der Waals surface area (Å²) in [6.07, 6.45) is 1.02. The van der Waals surface area contributed by atoms with Gasteiger partial charge >= 0.3 is 0 Å². The number of nitrogens with zero attached hydrogens (tertiary/aromatic N) is 1. The van der Waals surface area contributed by atoms with Crippen molar-refractivity contribution in [3.63, 3.8) is 0 Å². The van der Waals surface area contributed by atoms with Crippen molar-refractivity contribution in [2.75, 3.05) is 10.2 Å². The van der Waals surface area contributed by atoms with Crippen LogP contribution in [0.25, 0.3) is 0 Å². The molecule has 2 amide bonds. The molecule has 3 rings (SSSR count). The van der Waals surface area contributed by atoms with E-state index in [-0.39, 0.29) is 17.1 Å². The Morgan fingerprint density at radius 3 is 2.18 bits per heavy atom. The molecule has 0 saturated heterocycles. The van der Waals surface area contributed by atoms with E-state index in [0.717, 1.165) is 12.1 Å². The summed E-state index contributed by atoms with van der Waals surface area (Å²) < 4.78 is 27.3. The minimum Gasteiger partial charge on any atom is -0.348 e. The topological polar surface area (TPSA) is 49.4 Å². The van der Waals surface area contributed by atoms with Gasteiger partial charge in [0.15, 0.2) is 0 Å².